The van der Waals surface area contributed by atoms with Gasteiger partial charge in [-0.2, -0.15) is 0 Å². The molecule has 0 atom stereocenters. The average Bonchev–Trinajstić information content (AvgIpc) is 2.35. The summed E-state index contributed by atoms with van der Waals surface area (Å²) in [6, 6.07) is 5.81. The van der Waals surface area contributed by atoms with Crippen molar-refractivity contribution in [2.45, 2.75) is 25.7 Å². The Kier molecular flexibility index (Phi) is 3.05. The lowest BCUT2D eigenvalue weighted by Gasteiger charge is -2.25. The molecule has 18 heavy (non-hydrogen) atoms. The van der Waals surface area contributed by atoms with Gasteiger partial charge in [-0.3, -0.25) is 4.98 Å². The third-order valence-corrected chi connectivity index (χ3v) is 3.82. The maximum absolute atomic E-state index is 5.94. The highest BCUT2D eigenvalue weighted by Gasteiger charge is 2.17. The van der Waals surface area contributed by atoms with E-state index in [1.165, 1.54) is 19.3 Å². The van der Waals surface area contributed by atoms with Crippen LogP contribution in [0.25, 0.3) is 10.8 Å². The molecule has 2 aromatic rings. The lowest BCUT2D eigenvalue weighted by Crippen LogP contribution is -2.14. The van der Waals surface area contributed by atoms with E-state index in [0.29, 0.717) is 0 Å². The normalized spacial score (nSPS) is 15.6. The average molecular weight is 242 g/mol. The van der Waals surface area contributed by atoms with Gasteiger partial charge < -0.3 is 10.5 Å². The van der Waals surface area contributed by atoms with Crippen molar-refractivity contribution in [2.24, 2.45) is 5.92 Å². The van der Waals surface area contributed by atoms with Crippen LogP contribution in [-0.4, -0.2) is 11.6 Å². The quantitative estimate of drug-likeness (QED) is 0.836. The lowest BCUT2D eigenvalue weighted by atomic mass is 9.83. The predicted octanol–water partition coefficient (Wildman–Crippen LogP) is 3.39. The molecule has 0 aliphatic heterocycles. The predicted molar refractivity (Wildman–Crippen MR) is 73.6 cm³/mol. The summed E-state index contributed by atoms with van der Waals surface area (Å²) in [5.74, 6) is 1.80. The molecule has 3 rings (SSSR count). The molecular formula is C15H18N2O. The second-order valence-corrected chi connectivity index (χ2v) is 5.01. The van der Waals surface area contributed by atoms with Crippen LogP contribution in [0, 0.1) is 5.92 Å². The van der Waals surface area contributed by atoms with Crippen LogP contribution >= 0.6 is 0 Å². The Balaban J connectivity index is 1.76. The van der Waals surface area contributed by atoms with Gasteiger partial charge in [-0.05, 0) is 30.5 Å². The Morgan fingerprint density at radius 2 is 2.11 bits per heavy atom. The molecule has 94 valence electrons. The second kappa shape index (κ2) is 4.84. The Bertz CT molecular complexity index is 549. The van der Waals surface area contributed by atoms with E-state index in [1.807, 2.05) is 18.2 Å². The zero-order valence-corrected chi connectivity index (χ0v) is 10.4. The molecule has 1 heterocycles. The highest BCUT2D eigenvalue weighted by molar-refractivity contribution is 5.96. The Hall–Kier alpha value is -1.77. The number of anilines is 1. The molecule has 1 aromatic heterocycles. The first-order chi connectivity index (χ1) is 8.84. The van der Waals surface area contributed by atoms with Crippen LogP contribution in [0.4, 0.5) is 5.69 Å². The largest absolute Gasteiger partial charge is 0.493 e. The topological polar surface area (TPSA) is 48.1 Å². The smallest absolute Gasteiger partial charge is 0.127 e. The number of rotatable bonds is 4. The summed E-state index contributed by atoms with van der Waals surface area (Å²) in [7, 11) is 0. The van der Waals surface area contributed by atoms with Gasteiger partial charge in [-0.25, -0.2) is 0 Å². The van der Waals surface area contributed by atoms with Crippen molar-refractivity contribution >= 4 is 16.5 Å². The van der Waals surface area contributed by atoms with Crippen LogP contribution in [0.5, 0.6) is 5.75 Å². The van der Waals surface area contributed by atoms with Crippen LogP contribution in [0.15, 0.2) is 30.6 Å². The van der Waals surface area contributed by atoms with Crippen molar-refractivity contribution in [2.75, 3.05) is 12.3 Å². The number of aromatic nitrogens is 1. The molecule has 1 aromatic carbocycles. The first-order valence-electron chi connectivity index (χ1n) is 6.59. The first-order valence-corrected chi connectivity index (χ1v) is 6.59. The number of fused-ring (bicyclic) bond motifs is 1. The summed E-state index contributed by atoms with van der Waals surface area (Å²) < 4.78 is 5.90. The van der Waals surface area contributed by atoms with E-state index in [9.17, 15) is 0 Å². The zero-order chi connectivity index (χ0) is 12.4. The van der Waals surface area contributed by atoms with Gasteiger partial charge in [0.05, 0.1) is 6.61 Å². The molecule has 0 unspecified atom stereocenters. The number of nitrogen functional groups attached to an aromatic ring is 1. The number of nitrogens with two attached hydrogens (primary N) is 1. The van der Waals surface area contributed by atoms with Gasteiger partial charge in [-0.1, -0.05) is 19.3 Å². The van der Waals surface area contributed by atoms with Gasteiger partial charge in [0, 0.05) is 28.9 Å². The first kappa shape index (κ1) is 11.3. The molecule has 1 aliphatic carbocycles. The van der Waals surface area contributed by atoms with E-state index in [-0.39, 0.29) is 0 Å². The van der Waals surface area contributed by atoms with Crippen LogP contribution in [0.3, 0.4) is 0 Å². The summed E-state index contributed by atoms with van der Waals surface area (Å²) in [6.45, 7) is 0.798. The molecule has 0 amide bonds. The summed E-state index contributed by atoms with van der Waals surface area (Å²) in [4.78, 5) is 4.11. The fourth-order valence-corrected chi connectivity index (χ4v) is 2.43. The molecule has 3 nitrogen and oxygen atoms in total. The Labute approximate surface area is 107 Å². The van der Waals surface area contributed by atoms with Crippen molar-refractivity contribution in [1.82, 2.24) is 4.98 Å². The van der Waals surface area contributed by atoms with Crippen LogP contribution < -0.4 is 10.5 Å². The molecule has 0 radical (unpaired) electrons. The maximum Gasteiger partial charge on any atom is 0.127 e. The number of benzene rings is 1. The summed E-state index contributed by atoms with van der Waals surface area (Å²) in [6.07, 6.45) is 8.87. The summed E-state index contributed by atoms with van der Waals surface area (Å²) in [5.41, 5.74) is 6.69. The number of ether oxygens (including phenoxy) is 1. The number of nitrogens with zero attached hydrogens (tertiary/aromatic N) is 1. The number of pyridine rings is 1. The van der Waals surface area contributed by atoms with Gasteiger partial charge >= 0.3 is 0 Å². The zero-order valence-electron chi connectivity index (χ0n) is 10.4. The highest BCUT2D eigenvalue weighted by Crippen LogP contribution is 2.31. The van der Waals surface area contributed by atoms with Crippen molar-refractivity contribution in [1.29, 1.82) is 0 Å². The van der Waals surface area contributed by atoms with E-state index >= 15 is 0 Å². The van der Waals surface area contributed by atoms with Crippen LogP contribution in [0.1, 0.15) is 25.7 Å². The fraction of sp³-hybridized carbons (Fsp3) is 0.400. The van der Waals surface area contributed by atoms with Gasteiger partial charge in [-0.15, -0.1) is 0 Å². The summed E-state index contributed by atoms with van der Waals surface area (Å²) in [5, 5.41) is 2.03. The standard InChI is InChI=1S/C15H18N2O/c16-14-4-5-15(12-6-8-17-10-13(12)14)18-9-7-11-2-1-3-11/h4-6,8,10-11H,1-3,7,9,16H2. The van der Waals surface area contributed by atoms with Gasteiger partial charge in [0.25, 0.3) is 0 Å². The minimum atomic E-state index is 0.754. The molecule has 0 saturated heterocycles. The van der Waals surface area contributed by atoms with E-state index in [4.69, 9.17) is 10.5 Å². The van der Waals surface area contributed by atoms with E-state index in [2.05, 4.69) is 4.98 Å². The van der Waals surface area contributed by atoms with Gasteiger partial charge in [0.1, 0.15) is 5.75 Å². The molecule has 1 fully saturated rings. The SMILES string of the molecule is Nc1ccc(OCCC2CCC2)c2ccncc12. The molecule has 0 spiro atoms. The van der Waals surface area contributed by atoms with E-state index < -0.39 is 0 Å². The number of hydrogen-bond donors (Lipinski definition) is 1. The minimum Gasteiger partial charge on any atom is -0.493 e. The van der Waals surface area contributed by atoms with Crippen molar-refractivity contribution in [3.63, 3.8) is 0 Å². The van der Waals surface area contributed by atoms with Crippen LogP contribution in [0.2, 0.25) is 0 Å². The third kappa shape index (κ3) is 2.13. The van der Waals surface area contributed by atoms with Crippen molar-refractivity contribution in [3.05, 3.63) is 30.6 Å². The van der Waals surface area contributed by atoms with Crippen molar-refractivity contribution in [3.8, 4) is 5.75 Å². The lowest BCUT2D eigenvalue weighted by molar-refractivity contribution is 0.223. The molecule has 1 saturated carbocycles. The molecular weight excluding hydrogens is 224 g/mol. The fourth-order valence-electron chi connectivity index (χ4n) is 2.43. The minimum absolute atomic E-state index is 0.754. The van der Waals surface area contributed by atoms with E-state index in [1.54, 1.807) is 12.4 Å². The molecule has 3 heteroatoms. The maximum atomic E-state index is 5.94. The summed E-state index contributed by atoms with van der Waals surface area (Å²) >= 11 is 0. The Morgan fingerprint density at radius 3 is 2.89 bits per heavy atom. The monoisotopic (exact) mass is 242 g/mol. The highest BCUT2D eigenvalue weighted by atomic mass is 16.5. The van der Waals surface area contributed by atoms with Gasteiger partial charge in [0.15, 0.2) is 0 Å². The molecule has 2 N–H and O–H groups in total. The van der Waals surface area contributed by atoms with Crippen molar-refractivity contribution < 1.29 is 4.74 Å². The Morgan fingerprint density at radius 1 is 1.22 bits per heavy atom. The molecule has 1 aliphatic rings. The van der Waals surface area contributed by atoms with E-state index in [0.717, 1.165) is 41.2 Å². The second-order valence-electron chi connectivity index (χ2n) is 5.01. The van der Waals surface area contributed by atoms with Crippen LogP contribution in [-0.2, 0) is 0 Å². The van der Waals surface area contributed by atoms with Gasteiger partial charge in [0.2, 0.25) is 0 Å². The third-order valence-electron chi connectivity index (χ3n) is 3.82. The molecule has 0 bridgehead atoms. The number of hydrogen-bond acceptors (Lipinski definition) is 3.